The molecule has 2 aromatic rings. The SMILES string of the molecule is CCCNC(c1cc(F)ccc1Cl)c1cc(Cl)ccc1I. The Kier molecular flexibility index (Phi) is 6.29. The number of halogens is 4. The topological polar surface area (TPSA) is 12.0 Å². The second-order valence-electron chi connectivity index (χ2n) is 4.72. The molecule has 0 saturated carbocycles. The Bertz CT molecular complexity index is 582. The molecular weight excluding hydrogens is 423 g/mol. The molecule has 2 aromatic carbocycles. The molecule has 1 atom stereocenters. The van der Waals surface area contributed by atoms with Crippen LogP contribution in [0.15, 0.2) is 36.4 Å². The monoisotopic (exact) mass is 437 g/mol. The van der Waals surface area contributed by atoms with Gasteiger partial charge < -0.3 is 5.32 Å². The summed E-state index contributed by atoms with van der Waals surface area (Å²) in [5.74, 6) is -0.297. The summed E-state index contributed by atoms with van der Waals surface area (Å²) in [4.78, 5) is 0. The van der Waals surface area contributed by atoms with Crippen LogP contribution in [0.3, 0.4) is 0 Å². The fourth-order valence-electron chi connectivity index (χ4n) is 2.15. The lowest BCUT2D eigenvalue weighted by atomic mass is 9.98. The van der Waals surface area contributed by atoms with Gasteiger partial charge in [0.1, 0.15) is 5.82 Å². The van der Waals surface area contributed by atoms with Crippen LogP contribution >= 0.6 is 45.8 Å². The first-order valence-corrected chi connectivity index (χ1v) is 8.49. The second kappa shape index (κ2) is 7.77. The van der Waals surface area contributed by atoms with Crippen molar-refractivity contribution in [1.29, 1.82) is 0 Å². The quantitative estimate of drug-likeness (QED) is 0.580. The van der Waals surface area contributed by atoms with Crippen molar-refractivity contribution in [2.24, 2.45) is 0 Å². The van der Waals surface area contributed by atoms with Crippen LogP contribution < -0.4 is 5.32 Å². The second-order valence-corrected chi connectivity index (χ2v) is 6.72. The van der Waals surface area contributed by atoms with Crippen LogP contribution in [0.5, 0.6) is 0 Å². The summed E-state index contributed by atoms with van der Waals surface area (Å²) in [5.41, 5.74) is 1.73. The van der Waals surface area contributed by atoms with Gasteiger partial charge in [-0.2, -0.15) is 0 Å². The van der Waals surface area contributed by atoms with E-state index in [0.29, 0.717) is 10.0 Å². The minimum atomic E-state index is -0.297. The molecule has 0 fully saturated rings. The fraction of sp³-hybridized carbons (Fsp3) is 0.250. The summed E-state index contributed by atoms with van der Waals surface area (Å²) < 4.78 is 14.7. The number of benzene rings is 2. The van der Waals surface area contributed by atoms with Crippen molar-refractivity contribution in [2.75, 3.05) is 6.54 Å². The molecule has 0 heterocycles. The summed E-state index contributed by atoms with van der Waals surface area (Å²) >= 11 is 14.6. The highest BCUT2D eigenvalue weighted by atomic mass is 127. The first-order valence-electron chi connectivity index (χ1n) is 6.66. The van der Waals surface area contributed by atoms with Gasteiger partial charge in [0.15, 0.2) is 0 Å². The zero-order valence-electron chi connectivity index (χ0n) is 11.5. The molecule has 112 valence electrons. The summed E-state index contributed by atoms with van der Waals surface area (Å²) in [6.45, 7) is 2.89. The molecule has 1 unspecified atom stereocenters. The van der Waals surface area contributed by atoms with Gasteiger partial charge >= 0.3 is 0 Å². The third kappa shape index (κ3) is 4.31. The molecule has 0 aliphatic rings. The van der Waals surface area contributed by atoms with Gasteiger partial charge in [0, 0.05) is 13.6 Å². The zero-order valence-corrected chi connectivity index (χ0v) is 15.1. The number of hydrogen-bond donors (Lipinski definition) is 1. The third-order valence-corrected chi connectivity index (χ3v) is 4.70. The Balaban J connectivity index is 2.52. The lowest BCUT2D eigenvalue weighted by Gasteiger charge is -2.22. The summed E-state index contributed by atoms with van der Waals surface area (Å²) in [5, 5.41) is 4.62. The lowest BCUT2D eigenvalue weighted by molar-refractivity contribution is 0.584. The van der Waals surface area contributed by atoms with Crippen LogP contribution in [0.25, 0.3) is 0 Å². The van der Waals surface area contributed by atoms with Crippen molar-refractivity contribution in [3.63, 3.8) is 0 Å². The van der Waals surface area contributed by atoms with Gasteiger partial charge in [0.05, 0.1) is 6.04 Å². The fourth-order valence-corrected chi connectivity index (χ4v) is 3.20. The van der Waals surface area contributed by atoms with Gasteiger partial charge in [0.2, 0.25) is 0 Å². The Morgan fingerprint density at radius 1 is 1.14 bits per heavy atom. The molecule has 0 amide bonds. The highest BCUT2D eigenvalue weighted by Crippen LogP contribution is 2.33. The smallest absolute Gasteiger partial charge is 0.123 e. The van der Waals surface area contributed by atoms with Gasteiger partial charge in [0.25, 0.3) is 0 Å². The molecule has 0 aliphatic carbocycles. The standard InChI is InChI=1S/C16H15Cl2FIN/c1-2-7-21-16(12-9-11(19)4-5-14(12)18)13-8-10(17)3-6-15(13)20/h3-6,8-9,16,21H,2,7H2,1H3. The van der Waals surface area contributed by atoms with E-state index in [4.69, 9.17) is 23.2 Å². The molecule has 21 heavy (non-hydrogen) atoms. The largest absolute Gasteiger partial charge is 0.306 e. The van der Waals surface area contributed by atoms with E-state index in [0.717, 1.165) is 27.7 Å². The number of rotatable bonds is 5. The van der Waals surface area contributed by atoms with E-state index >= 15 is 0 Å². The average molecular weight is 438 g/mol. The zero-order chi connectivity index (χ0) is 15.4. The maximum Gasteiger partial charge on any atom is 0.123 e. The minimum Gasteiger partial charge on any atom is -0.306 e. The van der Waals surface area contributed by atoms with Crippen LogP contribution in [0.2, 0.25) is 10.0 Å². The average Bonchev–Trinajstić information content (AvgIpc) is 2.46. The first-order chi connectivity index (χ1) is 10.0. The van der Waals surface area contributed by atoms with Crippen molar-refractivity contribution < 1.29 is 4.39 Å². The van der Waals surface area contributed by atoms with Gasteiger partial charge in [-0.15, -0.1) is 0 Å². The molecule has 0 bridgehead atoms. The van der Waals surface area contributed by atoms with Crippen LogP contribution in [-0.2, 0) is 0 Å². The van der Waals surface area contributed by atoms with Crippen molar-refractivity contribution in [2.45, 2.75) is 19.4 Å². The van der Waals surface area contributed by atoms with E-state index in [9.17, 15) is 4.39 Å². The van der Waals surface area contributed by atoms with Crippen LogP contribution in [0.1, 0.15) is 30.5 Å². The van der Waals surface area contributed by atoms with E-state index in [-0.39, 0.29) is 11.9 Å². The Hall–Kier alpha value is -0.360. The third-order valence-electron chi connectivity index (χ3n) is 3.14. The van der Waals surface area contributed by atoms with Crippen molar-refractivity contribution in [1.82, 2.24) is 5.32 Å². The van der Waals surface area contributed by atoms with Gasteiger partial charge in [-0.05, 0) is 83.1 Å². The summed E-state index contributed by atoms with van der Waals surface area (Å²) in [7, 11) is 0. The summed E-state index contributed by atoms with van der Waals surface area (Å²) in [6.07, 6.45) is 0.973. The number of nitrogens with one attached hydrogen (secondary N) is 1. The van der Waals surface area contributed by atoms with E-state index in [1.54, 1.807) is 6.07 Å². The molecule has 0 aromatic heterocycles. The van der Waals surface area contributed by atoms with Crippen LogP contribution in [0.4, 0.5) is 4.39 Å². The molecule has 0 spiro atoms. The molecule has 0 aliphatic heterocycles. The molecular formula is C16H15Cl2FIN. The Morgan fingerprint density at radius 2 is 1.90 bits per heavy atom. The molecule has 2 rings (SSSR count). The highest BCUT2D eigenvalue weighted by molar-refractivity contribution is 14.1. The van der Waals surface area contributed by atoms with E-state index in [1.165, 1.54) is 12.1 Å². The maximum absolute atomic E-state index is 13.6. The van der Waals surface area contributed by atoms with Crippen molar-refractivity contribution in [3.8, 4) is 0 Å². The van der Waals surface area contributed by atoms with Gasteiger partial charge in [-0.25, -0.2) is 4.39 Å². The normalized spacial score (nSPS) is 12.4. The van der Waals surface area contributed by atoms with Crippen LogP contribution in [-0.4, -0.2) is 6.54 Å². The maximum atomic E-state index is 13.6. The van der Waals surface area contributed by atoms with Gasteiger partial charge in [-0.1, -0.05) is 30.1 Å². The number of hydrogen-bond acceptors (Lipinski definition) is 1. The Morgan fingerprint density at radius 3 is 2.62 bits per heavy atom. The summed E-state index contributed by atoms with van der Waals surface area (Å²) in [6, 6.07) is 9.95. The molecule has 0 saturated heterocycles. The first kappa shape index (κ1) is 17.0. The predicted molar refractivity (Wildman–Crippen MR) is 95.7 cm³/mol. The molecule has 0 radical (unpaired) electrons. The molecule has 5 heteroatoms. The van der Waals surface area contributed by atoms with Gasteiger partial charge in [-0.3, -0.25) is 0 Å². The Labute approximate surface area is 148 Å². The molecule has 1 N–H and O–H groups in total. The predicted octanol–water partition coefficient (Wildman–Crippen LogP) is 5.83. The van der Waals surface area contributed by atoms with E-state index in [2.05, 4.69) is 34.8 Å². The minimum absolute atomic E-state index is 0.182. The molecule has 1 nitrogen and oxygen atoms in total. The highest BCUT2D eigenvalue weighted by Gasteiger charge is 2.19. The van der Waals surface area contributed by atoms with Crippen LogP contribution in [0, 0.1) is 9.39 Å². The van der Waals surface area contributed by atoms with E-state index in [1.807, 2.05) is 18.2 Å². The van der Waals surface area contributed by atoms with Crippen molar-refractivity contribution >= 4 is 45.8 Å². The van der Waals surface area contributed by atoms with E-state index < -0.39 is 0 Å². The van der Waals surface area contributed by atoms with Crippen molar-refractivity contribution in [3.05, 3.63) is 67.0 Å². The lowest BCUT2D eigenvalue weighted by Crippen LogP contribution is -2.24.